The van der Waals surface area contributed by atoms with Crippen molar-refractivity contribution in [2.24, 2.45) is 0 Å². The molecular weight excluding hydrogens is 485 g/mol. The summed E-state index contributed by atoms with van der Waals surface area (Å²) in [6.45, 7) is 4.72. The van der Waals surface area contributed by atoms with E-state index in [-0.39, 0.29) is 6.04 Å². The number of fused-ring (bicyclic) bond motifs is 3. The molecule has 0 aliphatic carbocycles. The number of carbonyl (C=O) groups is 1. The summed E-state index contributed by atoms with van der Waals surface area (Å²) in [6.07, 6.45) is -0.897. The molecule has 3 N–H and O–H groups in total. The van der Waals surface area contributed by atoms with Gasteiger partial charge in [0, 0.05) is 18.7 Å². The van der Waals surface area contributed by atoms with Crippen molar-refractivity contribution in [3.05, 3.63) is 70.9 Å². The Bertz CT molecular complexity index is 1370. The monoisotopic (exact) mass is 510 g/mol. The molecule has 3 heterocycles. The molecule has 37 heavy (non-hydrogen) atoms. The number of benzene rings is 2. The van der Waals surface area contributed by atoms with E-state index >= 15 is 0 Å². The van der Waals surface area contributed by atoms with Gasteiger partial charge in [0.05, 0.1) is 28.7 Å². The Kier molecular flexibility index (Phi) is 7.59. The van der Waals surface area contributed by atoms with E-state index in [9.17, 15) is 18.4 Å². The number of nitriles is 1. The number of carboxylic acids is 1. The van der Waals surface area contributed by atoms with Crippen molar-refractivity contribution in [2.75, 3.05) is 18.4 Å². The number of aliphatic carboxylic acids is 1. The summed E-state index contributed by atoms with van der Waals surface area (Å²) in [7, 11) is 0. The predicted octanol–water partition coefficient (Wildman–Crippen LogP) is 4.69. The van der Waals surface area contributed by atoms with Crippen LogP contribution in [0.1, 0.15) is 41.3 Å². The first kappa shape index (κ1) is 25.9. The minimum absolute atomic E-state index is 0.0814. The first-order valence-electron chi connectivity index (χ1n) is 11.7. The van der Waals surface area contributed by atoms with Crippen LogP contribution in [0.4, 0.5) is 18.9 Å². The topological polar surface area (TPSA) is 116 Å². The molecule has 0 bridgehead atoms. The molecule has 0 saturated carbocycles. The zero-order chi connectivity index (χ0) is 26.6. The summed E-state index contributed by atoms with van der Waals surface area (Å²) in [5.74, 6) is -2.76. The lowest BCUT2D eigenvalue weighted by molar-refractivity contribution is -0.192. The van der Waals surface area contributed by atoms with E-state index in [1.807, 2.05) is 35.9 Å². The number of nitrogens with zero attached hydrogens (tertiary/aromatic N) is 4. The summed E-state index contributed by atoms with van der Waals surface area (Å²) >= 11 is 0. The van der Waals surface area contributed by atoms with Crippen LogP contribution in [-0.4, -0.2) is 45.3 Å². The number of alkyl halides is 3. The molecule has 1 atom stereocenters. The van der Waals surface area contributed by atoms with Crippen LogP contribution in [0.5, 0.6) is 0 Å². The third-order valence-electron chi connectivity index (χ3n) is 6.27. The van der Waals surface area contributed by atoms with E-state index in [1.165, 1.54) is 22.3 Å². The zero-order valence-corrected chi connectivity index (χ0v) is 20.0. The molecule has 2 aliphatic heterocycles. The lowest BCUT2D eigenvalue weighted by atomic mass is 9.90. The molecule has 3 aromatic rings. The van der Waals surface area contributed by atoms with Crippen LogP contribution in [0.25, 0.3) is 16.8 Å². The molecule has 2 aliphatic rings. The summed E-state index contributed by atoms with van der Waals surface area (Å²) in [4.78, 5) is 8.90. The van der Waals surface area contributed by atoms with Crippen molar-refractivity contribution < 1.29 is 23.1 Å². The molecule has 0 amide bonds. The van der Waals surface area contributed by atoms with E-state index in [0.717, 1.165) is 49.6 Å². The number of aryl methyl sites for hydroxylation is 2. The van der Waals surface area contributed by atoms with Crippen molar-refractivity contribution in [2.45, 2.75) is 38.5 Å². The van der Waals surface area contributed by atoms with Gasteiger partial charge in [-0.05, 0) is 61.2 Å². The van der Waals surface area contributed by atoms with E-state index in [1.54, 1.807) is 0 Å². The Morgan fingerprint density at radius 3 is 2.70 bits per heavy atom. The van der Waals surface area contributed by atoms with Crippen molar-refractivity contribution in [3.8, 4) is 17.3 Å². The van der Waals surface area contributed by atoms with Crippen LogP contribution in [-0.2, 0) is 11.3 Å². The maximum atomic E-state index is 10.6. The van der Waals surface area contributed by atoms with Crippen molar-refractivity contribution >= 4 is 17.2 Å². The first-order valence-corrected chi connectivity index (χ1v) is 11.7. The zero-order valence-electron chi connectivity index (χ0n) is 20.0. The van der Waals surface area contributed by atoms with Gasteiger partial charge in [-0.25, -0.2) is 9.48 Å². The SMILES string of the molecule is Cc1nnn2c1-c1ccc(C3=CCNCC3)cc1C(Nc1ccccc1C#N)CC2.O=C(O)C(F)(F)F. The molecule has 2 aromatic carbocycles. The van der Waals surface area contributed by atoms with Gasteiger partial charge in [0.25, 0.3) is 0 Å². The molecule has 1 aromatic heterocycles. The molecule has 11 heteroatoms. The fourth-order valence-corrected chi connectivity index (χ4v) is 4.49. The second kappa shape index (κ2) is 10.8. The van der Waals surface area contributed by atoms with Gasteiger partial charge >= 0.3 is 12.1 Å². The van der Waals surface area contributed by atoms with Crippen molar-refractivity contribution in [1.29, 1.82) is 5.26 Å². The smallest absolute Gasteiger partial charge is 0.475 e. The number of nitrogens with one attached hydrogen (secondary N) is 2. The molecule has 0 spiro atoms. The molecule has 8 nitrogen and oxygen atoms in total. The second-order valence-electron chi connectivity index (χ2n) is 8.68. The fourth-order valence-electron chi connectivity index (χ4n) is 4.49. The highest BCUT2D eigenvalue weighted by Crippen LogP contribution is 2.39. The van der Waals surface area contributed by atoms with Crippen LogP contribution >= 0.6 is 0 Å². The van der Waals surface area contributed by atoms with E-state index in [2.05, 4.69) is 51.3 Å². The molecule has 0 saturated heterocycles. The predicted molar refractivity (Wildman–Crippen MR) is 131 cm³/mol. The minimum atomic E-state index is -5.08. The van der Waals surface area contributed by atoms with Gasteiger partial charge in [-0.2, -0.15) is 18.4 Å². The van der Waals surface area contributed by atoms with E-state index in [4.69, 9.17) is 9.90 Å². The standard InChI is InChI=1S/C24H24N6.C2HF3O2/c1-16-24-20-7-6-18(17-8-11-26-12-9-17)14-21(20)23(10-13-30(24)29-28-16)27-22-5-3-2-4-19(22)15-25;3-2(4,5)1(6)7/h2-8,14,23,26-27H,9-13H2,1H3;(H,6,7). The van der Waals surface area contributed by atoms with Crippen LogP contribution < -0.4 is 10.6 Å². The highest BCUT2D eigenvalue weighted by molar-refractivity contribution is 5.75. The molecule has 192 valence electrons. The Hall–Kier alpha value is -4.17. The Morgan fingerprint density at radius 1 is 1.27 bits per heavy atom. The Balaban J connectivity index is 0.000000405. The van der Waals surface area contributed by atoms with Gasteiger partial charge in [-0.1, -0.05) is 35.6 Å². The number of halogens is 3. The van der Waals surface area contributed by atoms with Gasteiger partial charge in [-0.15, -0.1) is 5.10 Å². The highest BCUT2D eigenvalue weighted by Gasteiger charge is 2.38. The summed E-state index contributed by atoms with van der Waals surface area (Å²) in [5.41, 5.74) is 8.64. The van der Waals surface area contributed by atoms with Crippen molar-refractivity contribution in [1.82, 2.24) is 20.3 Å². The molecule has 5 rings (SSSR count). The molecule has 1 unspecified atom stereocenters. The third-order valence-corrected chi connectivity index (χ3v) is 6.27. The number of anilines is 1. The van der Waals surface area contributed by atoms with Gasteiger partial charge < -0.3 is 15.7 Å². The lowest BCUT2D eigenvalue weighted by Crippen LogP contribution is -2.21. The number of carboxylic acid groups (broad SMARTS) is 1. The van der Waals surface area contributed by atoms with Gasteiger partial charge in [0.1, 0.15) is 6.07 Å². The molecular formula is C26H25F3N6O2. The summed E-state index contributed by atoms with van der Waals surface area (Å²) in [6, 6.07) is 16.8. The first-order chi connectivity index (χ1) is 17.7. The minimum Gasteiger partial charge on any atom is -0.475 e. The van der Waals surface area contributed by atoms with E-state index in [0.29, 0.717) is 5.56 Å². The summed E-state index contributed by atoms with van der Waals surface area (Å²) in [5, 5.41) is 32.4. The fraction of sp³-hybridized carbons (Fsp3) is 0.308. The largest absolute Gasteiger partial charge is 0.490 e. The number of hydrogen-bond donors (Lipinski definition) is 3. The molecule has 0 radical (unpaired) electrons. The average Bonchev–Trinajstić information content (AvgIpc) is 3.18. The van der Waals surface area contributed by atoms with E-state index < -0.39 is 12.1 Å². The normalized spacial score (nSPS) is 16.6. The summed E-state index contributed by atoms with van der Waals surface area (Å²) < 4.78 is 33.7. The van der Waals surface area contributed by atoms with Gasteiger partial charge in [-0.3, -0.25) is 0 Å². The van der Waals surface area contributed by atoms with Gasteiger partial charge in [0.2, 0.25) is 0 Å². The van der Waals surface area contributed by atoms with Crippen LogP contribution in [0.15, 0.2) is 48.5 Å². The van der Waals surface area contributed by atoms with Crippen molar-refractivity contribution in [3.63, 3.8) is 0 Å². The Morgan fingerprint density at radius 2 is 2.03 bits per heavy atom. The third kappa shape index (κ3) is 5.81. The van der Waals surface area contributed by atoms with Crippen LogP contribution in [0.2, 0.25) is 0 Å². The number of para-hydroxylation sites is 1. The van der Waals surface area contributed by atoms with Crippen LogP contribution in [0, 0.1) is 18.3 Å². The number of rotatable bonds is 3. The Labute approximate surface area is 211 Å². The lowest BCUT2D eigenvalue weighted by Gasteiger charge is -2.23. The van der Waals surface area contributed by atoms with Gasteiger partial charge in [0.15, 0.2) is 0 Å². The second-order valence-corrected chi connectivity index (χ2v) is 8.68. The number of aromatic nitrogens is 3. The average molecular weight is 511 g/mol. The highest BCUT2D eigenvalue weighted by atomic mass is 19.4. The number of hydrogen-bond acceptors (Lipinski definition) is 6. The van der Waals surface area contributed by atoms with Crippen LogP contribution in [0.3, 0.4) is 0 Å². The maximum absolute atomic E-state index is 10.6. The molecule has 0 fully saturated rings. The quantitative estimate of drug-likeness (QED) is 0.468. The maximum Gasteiger partial charge on any atom is 0.490 e.